The molecule has 0 saturated carbocycles. The Labute approximate surface area is 171 Å². The monoisotopic (exact) mass is 441 g/mol. The van der Waals surface area contributed by atoms with Crippen LogP contribution in [0.2, 0.25) is 0 Å². The second kappa shape index (κ2) is 7.18. The summed E-state index contributed by atoms with van der Waals surface area (Å²) in [6.07, 6.45) is 0. The largest absolute Gasteiger partial charge is 0.450 e. The van der Waals surface area contributed by atoms with Gasteiger partial charge in [-0.05, 0) is 48.7 Å². The highest BCUT2D eigenvalue weighted by Gasteiger charge is 2.42. The molecule has 5 nitrogen and oxygen atoms in total. The summed E-state index contributed by atoms with van der Waals surface area (Å²) in [5.74, 6) is -0.146. The van der Waals surface area contributed by atoms with Crippen molar-refractivity contribution in [2.24, 2.45) is 0 Å². The van der Waals surface area contributed by atoms with E-state index in [2.05, 4.69) is 15.9 Å². The number of rotatable bonds is 4. The first-order valence-corrected chi connectivity index (χ1v) is 9.85. The lowest BCUT2D eigenvalue weighted by molar-refractivity contribution is 0.0663. The SMILES string of the molecule is COCCN1C(=O)c2oc3c(C)cc(C)cc3c(=O)c2C1c1ccc(Br)cc1. The smallest absolute Gasteiger partial charge is 0.290 e. The minimum Gasteiger partial charge on any atom is -0.450 e. The molecule has 28 heavy (non-hydrogen) atoms. The lowest BCUT2D eigenvalue weighted by Gasteiger charge is -2.24. The van der Waals surface area contributed by atoms with Crippen molar-refractivity contribution in [1.82, 2.24) is 4.90 Å². The van der Waals surface area contributed by atoms with E-state index >= 15 is 0 Å². The summed E-state index contributed by atoms with van der Waals surface area (Å²) in [4.78, 5) is 28.3. The zero-order chi connectivity index (χ0) is 20.0. The van der Waals surface area contributed by atoms with Crippen molar-refractivity contribution in [3.63, 3.8) is 0 Å². The molecule has 4 rings (SSSR count). The van der Waals surface area contributed by atoms with Gasteiger partial charge in [-0.25, -0.2) is 0 Å². The molecule has 0 radical (unpaired) electrons. The molecule has 6 heteroatoms. The van der Waals surface area contributed by atoms with Crippen LogP contribution in [0, 0.1) is 13.8 Å². The van der Waals surface area contributed by atoms with Crippen LogP contribution in [0.4, 0.5) is 0 Å². The fraction of sp³-hybridized carbons (Fsp3) is 0.273. The summed E-state index contributed by atoms with van der Waals surface area (Å²) >= 11 is 3.44. The molecule has 1 aromatic heterocycles. The van der Waals surface area contributed by atoms with E-state index in [1.54, 1.807) is 12.0 Å². The highest BCUT2D eigenvalue weighted by molar-refractivity contribution is 9.10. The number of amides is 1. The Bertz CT molecular complexity index is 1130. The maximum Gasteiger partial charge on any atom is 0.290 e. The third-order valence-corrected chi connectivity index (χ3v) is 5.65. The van der Waals surface area contributed by atoms with Gasteiger partial charge in [-0.2, -0.15) is 0 Å². The quantitative estimate of drug-likeness (QED) is 0.603. The molecule has 1 unspecified atom stereocenters. The highest BCUT2D eigenvalue weighted by atomic mass is 79.9. The van der Waals surface area contributed by atoms with E-state index < -0.39 is 6.04 Å². The van der Waals surface area contributed by atoms with Crippen LogP contribution in [0.15, 0.2) is 50.1 Å². The van der Waals surface area contributed by atoms with Crippen molar-refractivity contribution in [2.75, 3.05) is 20.3 Å². The molecule has 1 aliphatic heterocycles. The van der Waals surface area contributed by atoms with Crippen molar-refractivity contribution in [2.45, 2.75) is 19.9 Å². The van der Waals surface area contributed by atoms with Gasteiger partial charge in [0.15, 0.2) is 5.43 Å². The molecule has 1 aliphatic rings. The van der Waals surface area contributed by atoms with Gasteiger partial charge in [0.2, 0.25) is 5.76 Å². The van der Waals surface area contributed by atoms with E-state index in [-0.39, 0.29) is 17.1 Å². The van der Waals surface area contributed by atoms with Crippen LogP contribution >= 0.6 is 15.9 Å². The van der Waals surface area contributed by atoms with Gasteiger partial charge in [0, 0.05) is 18.1 Å². The zero-order valence-corrected chi connectivity index (χ0v) is 17.5. The zero-order valence-electron chi connectivity index (χ0n) is 15.9. The lowest BCUT2D eigenvalue weighted by Crippen LogP contribution is -2.32. The van der Waals surface area contributed by atoms with Gasteiger partial charge in [0.1, 0.15) is 5.58 Å². The van der Waals surface area contributed by atoms with Gasteiger partial charge in [0.05, 0.1) is 23.6 Å². The fourth-order valence-corrected chi connectivity index (χ4v) is 4.15. The molecular formula is C22H20BrNO4. The predicted octanol–water partition coefficient (Wildman–Crippen LogP) is 4.36. The molecular weight excluding hydrogens is 422 g/mol. The number of aryl methyl sites for hydroxylation is 2. The molecule has 0 N–H and O–H groups in total. The van der Waals surface area contributed by atoms with Crippen LogP contribution in [0.3, 0.4) is 0 Å². The van der Waals surface area contributed by atoms with E-state index in [4.69, 9.17) is 9.15 Å². The van der Waals surface area contributed by atoms with Crippen molar-refractivity contribution in [3.8, 4) is 0 Å². The number of carbonyl (C=O) groups is 1. The summed E-state index contributed by atoms with van der Waals surface area (Å²) in [6.45, 7) is 4.58. The van der Waals surface area contributed by atoms with Crippen molar-refractivity contribution < 1.29 is 13.9 Å². The van der Waals surface area contributed by atoms with Gasteiger partial charge in [0.25, 0.3) is 5.91 Å². The first-order valence-electron chi connectivity index (χ1n) is 9.05. The number of methoxy groups -OCH3 is 1. The number of benzene rings is 2. The number of hydrogen-bond donors (Lipinski definition) is 0. The first-order chi connectivity index (χ1) is 13.4. The molecule has 1 atom stereocenters. The highest BCUT2D eigenvalue weighted by Crippen LogP contribution is 2.38. The molecule has 0 fully saturated rings. The van der Waals surface area contributed by atoms with Gasteiger partial charge in [-0.1, -0.05) is 34.1 Å². The number of nitrogens with zero attached hydrogens (tertiary/aromatic N) is 1. The number of ether oxygens (including phenoxy) is 1. The van der Waals surface area contributed by atoms with E-state index in [1.807, 2.05) is 50.2 Å². The van der Waals surface area contributed by atoms with E-state index in [9.17, 15) is 9.59 Å². The van der Waals surface area contributed by atoms with Crippen molar-refractivity contribution in [3.05, 3.63) is 79.1 Å². The molecule has 0 spiro atoms. The average Bonchev–Trinajstić information content (AvgIpc) is 2.94. The van der Waals surface area contributed by atoms with Crippen LogP contribution in [-0.4, -0.2) is 31.1 Å². The van der Waals surface area contributed by atoms with Crippen LogP contribution < -0.4 is 5.43 Å². The summed E-state index contributed by atoms with van der Waals surface area (Å²) in [6, 6.07) is 10.9. The minimum atomic E-state index is -0.493. The molecule has 2 heterocycles. The molecule has 1 amide bonds. The fourth-order valence-electron chi connectivity index (χ4n) is 3.89. The van der Waals surface area contributed by atoms with Gasteiger partial charge in [-0.3, -0.25) is 9.59 Å². The summed E-state index contributed by atoms with van der Waals surface area (Å²) in [5, 5.41) is 0.514. The average molecular weight is 442 g/mol. The summed E-state index contributed by atoms with van der Waals surface area (Å²) in [7, 11) is 1.59. The molecule has 3 aromatic rings. The second-order valence-electron chi connectivity index (χ2n) is 7.08. The second-order valence-corrected chi connectivity index (χ2v) is 7.99. The Morgan fingerprint density at radius 3 is 2.54 bits per heavy atom. The van der Waals surface area contributed by atoms with E-state index in [0.717, 1.165) is 21.2 Å². The Hall–Kier alpha value is -2.44. The number of fused-ring (bicyclic) bond motifs is 2. The van der Waals surface area contributed by atoms with E-state index in [1.165, 1.54) is 0 Å². The number of halogens is 1. The van der Waals surface area contributed by atoms with Gasteiger partial charge < -0.3 is 14.1 Å². The van der Waals surface area contributed by atoms with Gasteiger partial charge in [-0.15, -0.1) is 0 Å². The first kappa shape index (κ1) is 18.9. The lowest BCUT2D eigenvalue weighted by atomic mass is 9.97. The standard InChI is InChI=1S/C22H20BrNO4/c1-12-10-13(2)20-16(11-12)19(25)17-18(14-4-6-15(23)7-5-14)24(8-9-27-3)22(26)21(17)28-20/h4-7,10-11,18H,8-9H2,1-3H3. The van der Waals surface area contributed by atoms with E-state index in [0.29, 0.717) is 29.7 Å². The maximum absolute atomic E-state index is 13.5. The Kier molecular flexibility index (Phi) is 4.85. The third-order valence-electron chi connectivity index (χ3n) is 5.12. The molecule has 2 aromatic carbocycles. The normalized spacial score (nSPS) is 16.1. The third kappa shape index (κ3) is 2.97. The Morgan fingerprint density at radius 1 is 1.14 bits per heavy atom. The molecule has 0 aliphatic carbocycles. The van der Waals surface area contributed by atoms with Crippen LogP contribution in [0.1, 0.15) is 38.9 Å². The number of hydrogen-bond acceptors (Lipinski definition) is 4. The molecule has 0 bridgehead atoms. The van der Waals surface area contributed by atoms with Crippen LogP contribution in [0.5, 0.6) is 0 Å². The van der Waals surface area contributed by atoms with Crippen molar-refractivity contribution >= 4 is 32.8 Å². The summed E-state index contributed by atoms with van der Waals surface area (Å²) < 4.78 is 12.1. The van der Waals surface area contributed by atoms with Crippen LogP contribution in [0.25, 0.3) is 11.0 Å². The topological polar surface area (TPSA) is 59.8 Å². The Balaban J connectivity index is 2.00. The predicted molar refractivity (Wildman–Crippen MR) is 111 cm³/mol. The Morgan fingerprint density at radius 2 is 1.86 bits per heavy atom. The maximum atomic E-state index is 13.5. The molecule has 0 saturated heterocycles. The van der Waals surface area contributed by atoms with Crippen molar-refractivity contribution in [1.29, 1.82) is 0 Å². The minimum absolute atomic E-state index is 0.133. The molecule has 144 valence electrons. The summed E-state index contributed by atoms with van der Waals surface area (Å²) in [5.41, 5.74) is 3.43. The number of carbonyl (C=O) groups excluding carboxylic acids is 1. The van der Waals surface area contributed by atoms with Gasteiger partial charge >= 0.3 is 0 Å². The van der Waals surface area contributed by atoms with Crippen LogP contribution in [-0.2, 0) is 4.74 Å².